The standard InChI is InChI=1S/C13H12O2.Na/c1-15-13-7-5-10(6-8-13)11-3-2-4-12(14)9-11;/h2-9,14H,1H3;/q;+1/p-1. The first-order valence-electron chi connectivity index (χ1n) is 4.71. The number of benzene rings is 2. The van der Waals surface area contributed by atoms with Gasteiger partial charge < -0.3 is 9.84 Å². The minimum Gasteiger partial charge on any atom is -0.872 e. The Hall–Kier alpha value is -0.960. The largest absolute Gasteiger partial charge is 1.00 e. The van der Waals surface area contributed by atoms with E-state index < -0.39 is 0 Å². The normalized spacial score (nSPS) is 9.31. The summed E-state index contributed by atoms with van der Waals surface area (Å²) in [7, 11) is 1.63. The van der Waals surface area contributed by atoms with Gasteiger partial charge in [0.1, 0.15) is 5.75 Å². The van der Waals surface area contributed by atoms with Crippen molar-refractivity contribution in [1.29, 1.82) is 0 Å². The second-order valence-electron chi connectivity index (χ2n) is 3.26. The number of methoxy groups -OCH3 is 1. The van der Waals surface area contributed by atoms with Crippen LogP contribution in [-0.2, 0) is 0 Å². The van der Waals surface area contributed by atoms with Crippen molar-refractivity contribution in [3.8, 4) is 22.6 Å². The van der Waals surface area contributed by atoms with E-state index in [0.29, 0.717) is 0 Å². The predicted molar refractivity (Wildman–Crippen MR) is 57.9 cm³/mol. The summed E-state index contributed by atoms with van der Waals surface area (Å²) in [5.41, 5.74) is 1.96. The van der Waals surface area contributed by atoms with Gasteiger partial charge in [0.05, 0.1) is 7.11 Å². The van der Waals surface area contributed by atoms with Crippen LogP contribution in [0.25, 0.3) is 11.1 Å². The molecule has 0 N–H and O–H groups in total. The van der Waals surface area contributed by atoms with Crippen LogP contribution in [0, 0.1) is 0 Å². The molecule has 3 heteroatoms. The van der Waals surface area contributed by atoms with E-state index in [0.717, 1.165) is 16.9 Å². The van der Waals surface area contributed by atoms with E-state index >= 15 is 0 Å². The van der Waals surface area contributed by atoms with Crippen molar-refractivity contribution >= 4 is 0 Å². The van der Waals surface area contributed by atoms with Crippen molar-refractivity contribution in [2.75, 3.05) is 7.11 Å². The molecule has 2 aromatic carbocycles. The predicted octanol–water partition coefficient (Wildman–Crippen LogP) is -0.560. The van der Waals surface area contributed by atoms with E-state index in [1.165, 1.54) is 0 Å². The molecule has 0 unspecified atom stereocenters. The molecule has 0 heterocycles. The molecule has 0 aliphatic heterocycles. The molecule has 0 amide bonds. The smallest absolute Gasteiger partial charge is 0.872 e. The van der Waals surface area contributed by atoms with Crippen LogP contribution in [0.3, 0.4) is 0 Å². The molecule has 76 valence electrons. The molecule has 0 aliphatic rings. The van der Waals surface area contributed by atoms with Gasteiger partial charge in [-0.1, -0.05) is 36.4 Å². The third-order valence-electron chi connectivity index (χ3n) is 2.26. The maximum Gasteiger partial charge on any atom is 1.00 e. The molecule has 0 spiro atoms. The maximum atomic E-state index is 11.2. The van der Waals surface area contributed by atoms with Crippen LogP contribution in [0.5, 0.6) is 11.5 Å². The van der Waals surface area contributed by atoms with Gasteiger partial charge in [0.15, 0.2) is 0 Å². The third kappa shape index (κ3) is 3.01. The van der Waals surface area contributed by atoms with Crippen LogP contribution in [0.2, 0.25) is 0 Å². The summed E-state index contributed by atoms with van der Waals surface area (Å²) in [4.78, 5) is 0. The van der Waals surface area contributed by atoms with Crippen molar-refractivity contribution in [2.45, 2.75) is 0 Å². The first kappa shape index (κ1) is 13.1. The van der Waals surface area contributed by atoms with E-state index in [2.05, 4.69) is 0 Å². The van der Waals surface area contributed by atoms with Gasteiger partial charge in [-0.05, 0) is 23.3 Å². The SMILES string of the molecule is COc1ccc(-c2cccc([O-])c2)cc1.[Na+]. The zero-order chi connectivity index (χ0) is 10.7. The third-order valence-corrected chi connectivity index (χ3v) is 2.26. The van der Waals surface area contributed by atoms with Crippen LogP contribution < -0.4 is 39.4 Å². The Balaban J connectivity index is 0.00000128. The molecule has 0 aliphatic carbocycles. The summed E-state index contributed by atoms with van der Waals surface area (Å²) >= 11 is 0. The van der Waals surface area contributed by atoms with Gasteiger partial charge in [-0.25, -0.2) is 0 Å². The van der Waals surface area contributed by atoms with Gasteiger partial charge in [-0.3, -0.25) is 0 Å². The maximum absolute atomic E-state index is 11.2. The Labute approximate surface area is 117 Å². The molecule has 0 radical (unpaired) electrons. The summed E-state index contributed by atoms with van der Waals surface area (Å²) in [5.74, 6) is 0.848. The molecule has 0 aromatic heterocycles. The number of ether oxygens (including phenoxy) is 1. The van der Waals surface area contributed by atoms with E-state index in [1.54, 1.807) is 25.3 Å². The van der Waals surface area contributed by atoms with Gasteiger partial charge in [0.2, 0.25) is 0 Å². The topological polar surface area (TPSA) is 32.3 Å². The van der Waals surface area contributed by atoms with E-state index in [1.807, 2.05) is 30.3 Å². The Morgan fingerprint density at radius 2 is 1.62 bits per heavy atom. The van der Waals surface area contributed by atoms with E-state index in [-0.39, 0.29) is 35.3 Å². The monoisotopic (exact) mass is 222 g/mol. The Morgan fingerprint density at radius 3 is 2.19 bits per heavy atom. The van der Waals surface area contributed by atoms with Crippen LogP contribution in [-0.4, -0.2) is 7.11 Å². The van der Waals surface area contributed by atoms with Crippen molar-refractivity contribution < 1.29 is 39.4 Å². The fourth-order valence-electron chi connectivity index (χ4n) is 1.46. The zero-order valence-electron chi connectivity index (χ0n) is 9.44. The first-order valence-corrected chi connectivity index (χ1v) is 4.71. The van der Waals surface area contributed by atoms with Crippen LogP contribution in [0.1, 0.15) is 0 Å². The number of hydrogen-bond acceptors (Lipinski definition) is 2. The summed E-state index contributed by atoms with van der Waals surface area (Å²) in [6.07, 6.45) is 0. The Bertz CT molecular complexity index is 452. The van der Waals surface area contributed by atoms with Gasteiger partial charge in [-0.2, -0.15) is 0 Å². The van der Waals surface area contributed by atoms with E-state index in [4.69, 9.17) is 4.74 Å². The summed E-state index contributed by atoms with van der Waals surface area (Å²) in [5, 5.41) is 11.2. The van der Waals surface area contributed by atoms with Crippen LogP contribution >= 0.6 is 0 Å². The minimum atomic E-state index is 0. The second kappa shape index (κ2) is 5.94. The average molecular weight is 222 g/mol. The second-order valence-corrected chi connectivity index (χ2v) is 3.26. The molecule has 0 bridgehead atoms. The van der Waals surface area contributed by atoms with Crippen molar-refractivity contribution in [3.05, 3.63) is 48.5 Å². The van der Waals surface area contributed by atoms with Gasteiger partial charge in [-0.15, -0.1) is 5.75 Å². The summed E-state index contributed by atoms with van der Waals surface area (Å²) in [6, 6.07) is 14.5. The van der Waals surface area contributed by atoms with Crippen LogP contribution in [0.4, 0.5) is 0 Å². The molecule has 0 fully saturated rings. The first-order chi connectivity index (χ1) is 7.29. The molecule has 0 saturated carbocycles. The Morgan fingerprint density at radius 1 is 0.938 bits per heavy atom. The van der Waals surface area contributed by atoms with Crippen LogP contribution in [0.15, 0.2) is 48.5 Å². The van der Waals surface area contributed by atoms with E-state index in [9.17, 15) is 5.11 Å². The molecule has 2 aromatic rings. The molecule has 2 rings (SSSR count). The zero-order valence-corrected chi connectivity index (χ0v) is 11.4. The number of hydrogen-bond donors (Lipinski definition) is 0. The molecular weight excluding hydrogens is 211 g/mol. The van der Waals surface area contributed by atoms with Crippen molar-refractivity contribution in [2.24, 2.45) is 0 Å². The average Bonchev–Trinajstić information content (AvgIpc) is 2.29. The summed E-state index contributed by atoms with van der Waals surface area (Å²) < 4.78 is 5.07. The molecular formula is C13H11NaO2. The number of rotatable bonds is 2. The fourth-order valence-corrected chi connectivity index (χ4v) is 1.46. The van der Waals surface area contributed by atoms with Gasteiger partial charge in [0, 0.05) is 0 Å². The quantitative estimate of drug-likeness (QED) is 0.638. The molecule has 0 saturated heterocycles. The van der Waals surface area contributed by atoms with Gasteiger partial charge in [0.25, 0.3) is 0 Å². The van der Waals surface area contributed by atoms with Crippen molar-refractivity contribution in [3.63, 3.8) is 0 Å². The molecule has 16 heavy (non-hydrogen) atoms. The fraction of sp³-hybridized carbons (Fsp3) is 0.0769. The Kier molecular flexibility index (Phi) is 4.87. The molecule has 2 nitrogen and oxygen atoms in total. The van der Waals surface area contributed by atoms with Gasteiger partial charge >= 0.3 is 29.6 Å². The van der Waals surface area contributed by atoms with Crippen molar-refractivity contribution in [1.82, 2.24) is 0 Å². The molecule has 0 atom stereocenters. The minimum absolute atomic E-state index is 0. The summed E-state index contributed by atoms with van der Waals surface area (Å²) in [6.45, 7) is 0.